The van der Waals surface area contributed by atoms with Gasteiger partial charge in [0.05, 0.1) is 6.67 Å². The van der Waals surface area contributed by atoms with E-state index in [4.69, 9.17) is 0 Å². The van der Waals surface area contributed by atoms with E-state index in [9.17, 15) is 0 Å². The molecule has 0 atom stereocenters. The van der Waals surface area contributed by atoms with Gasteiger partial charge in [-0.05, 0) is 14.1 Å². The van der Waals surface area contributed by atoms with Gasteiger partial charge in [-0.15, -0.1) is 0 Å². The summed E-state index contributed by atoms with van der Waals surface area (Å²) in [6.45, 7) is 3.75. The van der Waals surface area contributed by atoms with Crippen molar-refractivity contribution in [3.8, 4) is 0 Å². The summed E-state index contributed by atoms with van der Waals surface area (Å²) in [6.07, 6.45) is 0. The molecule has 1 heterocycles. The number of nitrogens with zero attached hydrogens (tertiary/aromatic N) is 2. The van der Waals surface area contributed by atoms with Gasteiger partial charge in [-0.1, -0.05) is 0 Å². The Labute approximate surface area is 44.7 Å². The third-order valence-electron chi connectivity index (χ3n) is 1.02. The fourth-order valence-electron chi connectivity index (χ4n) is 0.612. The maximum Gasteiger partial charge on any atom is 0.0501 e. The van der Waals surface area contributed by atoms with E-state index >= 15 is 0 Å². The number of hydrogen-bond acceptors (Lipinski definition) is 2. The van der Waals surface area contributed by atoms with Gasteiger partial charge in [-0.3, -0.25) is 9.80 Å². The van der Waals surface area contributed by atoms with E-state index in [1.807, 2.05) is 0 Å². The van der Waals surface area contributed by atoms with Crippen molar-refractivity contribution in [2.24, 2.45) is 0 Å². The van der Waals surface area contributed by atoms with Crippen LogP contribution in [0.1, 0.15) is 0 Å². The molecule has 0 aromatic rings. The summed E-state index contributed by atoms with van der Waals surface area (Å²) in [5, 5.41) is 0. The lowest BCUT2D eigenvalue weighted by atomic mass is 10.9. The van der Waals surface area contributed by atoms with Crippen molar-refractivity contribution in [2.45, 2.75) is 0 Å². The minimum Gasteiger partial charge on any atom is -0.297 e. The van der Waals surface area contributed by atoms with Gasteiger partial charge in [-0.2, -0.15) is 0 Å². The Bertz CT molecular complexity index is 57.1. The van der Waals surface area contributed by atoms with E-state index in [-0.39, 0.29) is 0 Å². The van der Waals surface area contributed by atoms with E-state index in [1.165, 1.54) is 13.1 Å². The Hall–Kier alpha value is -0.0800. The molecule has 0 aliphatic carbocycles. The lowest BCUT2D eigenvalue weighted by molar-refractivity contribution is 0.307. The Morgan fingerprint density at radius 2 is 2.00 bits per heavy atom. The third kappa shape index (κ3) is 1.90. The third-order valence-corrected chi connectivity index (χ3v) is 1.02. The molecule has 0 spiro atoms. The zero-order valence-electron chi connectivity index (χ0n) is 5.02. The highest BCUT2D eigenvalue weighted by Crippen LogP contribution is 2.01. The van der Waals surface area contributed by atoms with Crippen molar-refractivity contribution < 1.29 is 0 Å². The quantitative estimate of drug-likeness (QED) is 0.444. The second-order valence-corrected chi connectivity index (χ2v) is 2.34. The first-order chi connectivity index (χ1) is 3.29. The molecule has 0 saturated carbocycles. The van der Waals surface area contributed by atoms with Crippen LogP contribution in [0.3, 0.4) is 0 Å². The summed E-state index contributed by atoms with van der Waals surface area (Å²) in [5.41, 5.74) is 0. The zero-order chi connectivity index (χ0) is 5.28. The van der Waals surface area contributed by atoms with Crippen LogP contribution in [0.2, 0.25) is 0 Å². The maximum absolute atomic E-state index is 2.38. The van der Waals surface area contributed by atoms with Crippen LogP contribution in [0.4, 0.5) is 0 Å². The van der Waals surface area contributed by atoms with Crippen LogP contribution in [-0.4, -0.2) is 43.7 Å². The van der Waals surface area contributed by atoms with Crippen LogP contribution >= 0.6 is 0 Å². The largest absolute Gasteiger partial charge is 0.297 e. The first-order valence-electron chi connectivity index (χ1n) is 2.66. The molecule has 7 heavy (non-hydrogen) atoms. The predicted molar refractivity (Wildman–Crippen MR) is 30.1 cm³/mol. The van der Waals surface area contributed by atoms with Gasteiger partial charge >= 0.3 is 0 Å². The number of rotatable bonds is 2. The van der Waals surface area contributed by atoms with Gasteiger partial charge < -0.3 is 0 Å². The van der Waals surface area contributed by atoms with E-state index in [2.05, 4.69) is 23.9 Å². The van der Waals surface area contributed by atoms with Crippen LogP contribution in [0, 0.1) is 0 Å². The number of hydrogen-bond donors (Lipinski definition) is 0. The molecule has 0 radical (unpaired) electrons. The predicted octanol–water partition coefficient (Wildman–Crippen LogP) is -0.179. The maximum atomic E-state index is 2.38. The van der Waals surface area contributed by atoms with Crippen molar-refractivity contribution in [2.75, 3.05) is 33.9 Å². The summed E-state index contributed by atoms with van der Waals surface area (Å²) in [7, 11) is 4.19. The molecule has 0 bridgehead atoms. The molecule has 1 fully saturated rings. The molecular weight excluding hydrogens is 88.1 g/mol. The van der Waals surface area contributed by atoms with Crippen LogP contribution in [0.25, 0.3) is 0 Å². The Kier molecular flexibility index (Phi) is 1.30. The second kappa shape index (κ2) is 1.80. The Morgan fingerprint density at radius 3 is 2.14 bits per heavy atom. The van der Waals surface area contributed by atoms with Gasteiger partial charge in [0.2, 0.25) is 0 Å². The summed E-state index contributed by atoms with van der Waals surface area (Å²) in [4.78, 5) is 4.56. The molecular formula is C5H12N2. The molecule has 0 aromatic carbocycles. The summed E-state index contributed by atoms with van der Waals surface area (Å²) in [6, 6.07) is 0. The molecule has 0 amide bonds. The highest BCUT2D eigenvalue weighted by Gasteiger charge is 2.16. The van der Waals surface area contributed by atoms with Crippen molar-refractivity contribution in [1.82, 2.24) is 9.80 Å². The molecule has 1 rings (SSSR count). The van der Waals surface area contributed by atoms with Crippen molar-refractivity contribution in [3.05, 3.63) is 0 Å². The molecule has 42 valence electrons. The van der Waals surface area contributed by atoms with Crippen LogP contribution in [0.15, 0.2) is 0 Å². The van der Waals surface area contributed by atoms with Crippen molar-refractivity contribution >= 4 is 0 Å². The summed E-state index contributed by atoms with van der Waals surface area (Å²) >= 11 is 0. The standard InChI is InChI=1S/C5H12N2/c1-6(2)5-7-3-4-7/h3-5H2,1-2H3. The van der Waals surface area contributed by atoms with Gasteiger partial charge in [0.25, 0.3) is 0 Å². The van der Waals surface area contributed by atoms with Crippen molar-refractivity contribution in [1.29, 1.82) is 0 Å². The molecule has 0 unspecified atom stereocenters. The van der Waals surface area contributed by atoms with Crippen LogP contribution in [0.5, 0.6) is 0 Å². The average Bonchev–Trinajstić information content (AvgIpc) is 2.17. The van der Waals surface area contributed by atoms with E-state index in [0.29, 0.717) is 0 Å². The summed E-state index contributed by atoms with van der Waals surface area (Å²) in [5.74, 6) is 0. The topological polar surface area (TPSA) is 6.25 Å². The van der Waals surface area contributed by atoms with E-state index in [1.54, 1.807) is 0 Å². The van der Waals surface area contributed by atoms with Gasteiger partial charge in [0, 0.05) is 13.1 Å². The van der Waals surface area contributed by atoms with Gasteiger partial charge in [0.15, 0.2) is 0 Å². The highest BCUT2D eigenvalue weighted by molar-refractivity contribution is 4.69. The lowest BCUT2D eigenvalue weighted by Gasteiger charge is -2.07. The average molecular weight is 100 g/mol. The fraction of sp³-hybridized carbons (Fsp3) is 1.00. The first kappa shape index (κ1) is 5.06. The molecule has 1 aliphatic heterocycles. The van der Waals surface area contributed by atoms with Gasteiger partial charge in [0.1, 0.15) is 0 Å². The summed E-state index contributed by atoms with van der Waals surface area (Å²) < 4.78 is 0. The highest BCUT2D eigenvalue weighted by atomic mass is 15.4. The molecule has 0 aromatic heterocycles. The molecule has 1 saturated heterocycles. The minimum atomic E-state index is 1.14. The monoisotopic (exact) mass is 100 g/mol. The fourth-order valence-corrected chi connectivity index (χ4v) is 0.612. The van der Waals surface area contributed by atoms with Crippen molar-refractivity contribution in [3.63, 3.8) is 0 Å². The second-order valence-electron chi connectivity index (χ2n) is 2.34. The Balaban J connectivity index is 1.97. The van der Waals surface area contributed by atoms with Crippen LogP contribution in [-0.2, 0) is 0 Å². The Morgan fingerprint density at radius 1 is 1.43 bits per heavy atom. The zero-order valence-corrected chi connectivity index (χ0v) is 5.02. The smallest absolute Gasteiger partial charge is 0.0501 e. The SMILES string of the molecule is CN(C)CN1CC1. The van der Waals surface area contributed by atoms with E-state index < -0.39 is 0 Å². The first-order valence-corrected chi connectivity index (χ1v) is 2.66. The molecule has 2 nitrogen and oxygen atoms in total. The molecule has 0 N–H and O–H groups in total. The van der Waals surface area contributed by atoms with E-state index in [0.717, 1.165) is 6.67 Å². The minimum absolute atomic E-state index is 1.14. The molecule has 2 heteroatoms. The van der Waals surface area contributed by atoms with Gasteiger partial charge in [-0.25, -0.2) is 0 Å². The normalized spacial score (nSPS) is 21.0. The molecule has 1 aliphatic rings. The van der Waals surface area contributed by atoms with Crippen LogP contribution < -0.4 is 0 Å². The lowest BCUT2D eigenvalue weighted by Crippen LogP contribution is -2.19.